The van der Waals surface area contributed by atoms with E-state index in [-0.39, 0.29) is 11.9 Å². The first-order valence-electron chi connectivity index (χ1n) is 8.43. The number of carbonyl (C=O) groups excluding carboxylic acids is 1. The highest BCUT2D eigenvalue weighted by molar-refractivity contribution is 6.05. The van der Waals surface area contributed by atoms with Gasteiger partial charge in [-0.05, 0) is 38.6 Å². The summed E-state index contributed by atoms with van der Waals surface area (Å²) in [7, 11) is 1.98. The second kappa shape index (κ2) is 7.53. The fourth-order valence-corrected chi connectivity index (χ4v) is 3.27. The van der Waals surface area contributed by atoms with Crippen LogP contribution in [0, 0.1) is 0 Å². The summed E-state index contributed by atoms with van der Waals surface area (Å²) in [6.07, 6.45) is 3.05. The van der Waals surface area contributed by atoms with Crippen molar-refractivity contribution in [2.45, 2.75) is 25.3 Å². The average molecular weight is 342 g/mol. The summed E-state index contributed by atoms with van der Waals surface area (Å²) in [6, 6.07) is 10.8. The molecule has 0 saturated carbocycles. The van der Waals surface area contributed by atoms with Gasteiger partial charge in [0.05, 0.1) is 6.04 Å². The Morgan fingerprint density at radius 3 is 2.68 bits per heavy atom. The van der Waals surface area contributed by atoms with Crippen LogP contribution in [0.1, 0.15) is 19.3 Å². The first-order chi connectivity index (χ1) is 12.1. The van der Waals surface area contributed by atoms with E-state index in [1.165, 1.54) is 0 Å². The zero-order chi connectivity index (χ0) is 17.8. The van der Waals surface area contributed by atoms with Crippen LogP contribution in [0.3, 0.4) is 0 Å². The number of ether oxygens (including phenoxy) is 1. The number of carboxylic acids is 1. The molecule has 6 nitrogen and oxygen atoms in total. The molecule has 132 valence electrons. The third-order valence-corrected chi connectivity index (χ3v) is 4.57. The summed E-state index contributed by atoms with van der Waals surface area (Å²) in [5.41, 5.74) is 0.710. The third-order valence-electron chi connectivity index (χ3n) is 4.57. The molecule has 2 aromatic rings. The smallest absolute Gasteiger partial charge is 0.341 e. The molecule has 1 fully saturated rings. The number of aliphatic carboxylic acids is 1. The fraction of sp³-hybridized carbons (Fsp3) is 0.368. The molecule has 1 aliphatic rings. The van der Waals surface area contributed by atoms with Crippen LogP contribution in [0.4, 0.5) is 5.69 Å². The topological polar surface area (TPSA) is 78.9 Å². The Morgan fingerprint density at radius 1 is 1.20 bits per heavy atom. The molecule has 0 aliphatic carbocycles. The van der Waals surface area contributed by atoms with Crippen LogP contribution in [-0.2, 0) is 9.59 Å². The van der Waals surface area contributed by atoms with Gasteiger partial charge in [-0.25, -0.2) is 4.79 Å². The van der Waals surface area contributed by atoms with Gasteiger partial charge in [-0.1, -0.05) is 30.7 Å². The number of rotatable bonds is 5. The summed E-state index contributed by atoms with van der Waals surface area (Å²) in [5, 5.41) is 13.4. The number of nitrogens with zero attached hydrogens (tertiary/aromatic N) is 1. The van der Waals surface area contributed by atoms with Crippen molar-refractivity contribution in [1.29, 1.82) is 0 Å². The number of likely N-dealkylation sites (tertiary alicyclic amines) is 1. The summed E-state index contributed by atoms with van der Waals surface area (Å²) in [5.74, 6) is -0.542. The summed E-state index contributed by atoms with van der Waals surface area (Å²) >= 11 is 0. The standard InChI is InChI=1S/C19H22N2O4/c1-21-11-5-4-8-16(21)19(24)20-15-9-10-17(25-12-18(22)23)14-7-3-2-6-13(14)15/h2-3,6-7,9-10,16H,4-5,8,11-12H2,1H3,(H,20,24)(H,22,23)/t16-/m0/s1. The Hall–Kier alpha value is -2.60. The zero-order valence-electron chi connectivity index (χ0n) is 14.2. The molecule has 1 aliphatic heterocycles. The highest BCUT2D eigenvalue weighted by Crippen LogP contribution is 2.32. The lowest BCUT2D eigenvalue weighted by Gasteiger charge is -2.31. The van der Waals surface area contributed by atoms with Crippen LogP contribution in [0.15, 0.2) is 36.4 Å². The first-order valence-corrected chi connectivity index (χ1v) is 8.43. The first kappa shape index (κ1) is 17.2. The third kappa shape index (κ3) is 3.91. The number of likely N-dealkylation sites (N-methyl/N-ethyl adjacent to an activating group) is 1. The molecule has 3 rings (SSSR count). The second-order valence-corrected chi connectivity index (χ2v) is 6.32. The van der Waals surface area contributed by atoms with Crippen LogP contribution in [-0.4, -0.2) is 48.1 Å². The molecule has 0 unspecified atom stereocenters. The predicted molar refractivity (Wildman–Crippen MR) is 96.0 cm³/mol. The van der Waals surface area contributed by atoms with Gasteiger partial charge >= 0.3 is 5.97 Å². The van der Waals surface area contributed by atoms with E-state index >= 15 is 0 Å². The van der Waals surface area contributed by atoms with Gasteiger partial charge in [-0.15, -0.1) is 0 Å². The Kier molecular flexibility index (Phi) is 5.19. The van der Waals surface area contributed by atoms with Gasteiger partial charge in [0.25, 0.3) is 0 Å². The number of fused-ring (bicyclic) bond motifs is 1. The van der Waals surface area contributed by atoms with E-state index in [9.17, 15) is 9.59 Å². The maximum Gasteiger partial charge on any atom is 0.341 e. The molecule has 0 radical (unpaired) electrons. The molecule has 6 heteroatoms. The molecule has 0 bridgehead atoms. The lowest BCUT2D eigenvalue weighted by molar-refractivity contribution is -0.139. The van der Waals surface area contributed by atoms with Crippen LogP contribution >= 0.6 is 0 Å². The molecule has 2 aromatic carbocycles. The molecular formula is C19H22N2O4. The van der Waals surface area contributed by atoms with Crippen molar-refractivity contribution in [2.75, 3.05) is 25.5 Å². The Morgan fingerprint density at radius 2 is 1.96 bits per heavy atom. The monoisotopic (exact) mass is 342 g/mol. The number of carboxylic acid groups (broad SMARTS) is 1. The van der Waals surface area contributed by atoms with Crippen molar-refractivity contribution in [3.05, 3.63) is 36.4 Å². The molecule has 25 heavy (non-hydrogen) atoms. The van der Waals surface area contributed by atoms with Gasteiger partial charge in [0, 0.05) is 16.5 Å². The van der Waals surface area contributed by atoms with Crippen LogP contribution in [0.25, 0.3) is 10.8 Å². The van der Waals surface area contributed by atoms with Crippen molar-refractivity contribution < 1.29 is 19.4 Å². The van der Waals surface area contributed by atoms with Crippen LogP contribution < -0.4 is 10.1 Å². The molecule has 1 saturated heterocycles. The number of carbonyl (C=O) groups is 2. The second-order valence-electron chi connectivity index (χ2n) is 6.32. The van der Waals surface area contributed by atoms with Crippen molar-refractivity contribution in [3.63, 3.8) is 0 Å². The van der Waals surface area contributed by atoms with E-state index in [1.807, 2.05) is 31.3 Å². The van der Waals surface area contributed by atoms with E-state index in [0.717, 1.165) is 36.6 Å². The van der Waals surface area contributed by atoms with Gasteiger partial charge in [-0.2, -0.15) is 0 Å². The van der Waals surface area contributed by atoms with Gasteiger partial charge in [-0.3, -0.25) is 9.69 Å². The van der Waals surface area contributed by atoms with E-state index in [0.29, 0.717) is 11.4 Å². The zero-order valence-corrected chi connectivity index (χ0v) is 14.2. The molecule has 1 amide bonds. The van der Waals surface area contributed by atoms with Crippen molar-refractivity contribution >= 4 is 28.3 Å². The maximum atomic E-state index is 12.7. The number of anilines is 1. The minimum atomic E-state index is -1.03. The Balaban J connectivity index is 1.85. The highest BCUT2D eigenvalue weighted by atomic mass is 16.5. The summed E-state index contributed by atoms with van der Waals surface area (Å²) < 4.78 is 5.35. The highest BCUT2D eigenvalue weighted by Gasteiger charge is 2.26. The van der Waals surface area contributed by atoms with Gasteiger partial charge in [0.15, 0.2) is 6.61 Å². The van der Waals surface area contributed by atoms with E-state index in [1.54, 1.807) is 12.1 Å². The number of piperidine rings is 1. The fourth-order valence-electron chi connectivity index (χ4n) is 3.27. The van der Waals surface area contributed by atoms with Crippen molar-refractivity contribution in [1.82, 2.24) is 4.90 Å². The quantitative estimate of drug-likeness (QED) is 0.873. The van der Waals surface area contributed by atoms with E-state index < -0.39 is 12.6 Å². The molecule has 1 atom stereocenters. The number of hydrogen-bond donors (Lipinski definition) is 2. The summed E-state index contributed by atoms with van der Waals surface area (Å²) in [6.45, 7) is 0.531. The van der Waals surface area contributed by atoms with E-state index in [2.05, 4.69) is 10.2 Å². The lowest BCUT2D eigenvalue weighted by atomic mass is 10.0. The number of hydrogen-bond acceptors (Lipinski definition) is 4. The molecular weight excluding hydrogens is 320 g/mol. The maximum absolute atomic E-state index is 12.7. The van der Waals surface area contributed by atoms with E-state index in [4.69, 9.17) is 9.84 Å². The molecule has 2 N–H and O–H groups in total. The SMILES string of the molecule is CN1CCCC[C@H]1C(=O)Nc1ccc(OCC(=O)O)c2ccccc12. The van der Waals surface area contributed by atoms with Crippen molar-refractivity contribution in [3.8, 4) is 5.75 Å². The van der Waals surface area contributed by atoms with Gasteiger partial charge in [0.1, 0.15) is 5.75 Å². The summed E-state index contributed by atoms with van der Waals surface area (Å²) in [4.78, 5) is 25.5. The van der Waals surface area contributed by atoms with Crippen molar-refractivity contribution in [2.24, 2.45) is 0 Å². The lowest BCUT2D eigenvalue weighted by Crippen LogP contribution is -2.44. The largest absolute Gasteiger partial charge is 0.481 e. The molecule has 1 heterocycles. The average Bonchev–Trinajstić information content (AvgIpc) is 2.61. The number of nitrogens with one attached hydrogen (secondary N) is 1. The minimum Gasteiger partial charge on any atom is -0.481 e. The Labute approximate surface area is 146 Å². The molecule has 0 aromatic heterocycles. The normalized spacial score (nSPS) is 18.0. The minimum absolute atomic E-state index is 0.00782. The van der Waals surface area contributed by atoms with Crippen LogP contribution in [0.2, 0.25) is 0 Å². The number of benzene rings is 2. The van der Waals surface area contributed by atoms with Gasteiger partial charge in [0.2, 0.25) is 5.91 Å². The Bertz CT molecular complexity index is 790. The number of amides is 1. The predicted octanol–water partition coefficient (Wildman–Crippen LogP) is 2.73. The molecule has 0 spiro atoms. The van der Waals surface area contributed by atoms with Gasteiger partial charge < -0.3 is 15.2 Å². The van der Waals surface area contributed by atoms with Crippen LogP contribution in [0.5, 0.6) is 5.75 Å².